The number of rotatable bonds is 4. The van der Waals surface area contributed by atoms with E-state index >= 15 is 0 Å². The second-order valence-corrected chi connectivity index (χ2v) is 13.4. The largest absolute Gasteiger partial charge is 0.443 e. The number of carbonyl (C=O) groups excluding carboxylic acids is 2. The lowest BCUT2D eigenvalue weighted by molar-refractivity contribution is 0.0544. The molecule has 6 rings (SSSR count). The number of hydrogen-bond donors (Lipinski definition) is 2. The molecule has 0 radical (unpaired) electrons. The van der Waals surface area contributed by atoms with Crippen LogP contribution in [0.3, 0.4) is 0 Å². The van der Waals surface area contributed by atoms with E-state index in [1.165, 1.54) is 15.5 Å². The summed E-state index contributed by atoms with van der Waals surface area (Å²) in [5.41, 5.74) is 3.16. The fourth-order valence-electron chi connectivity index (χ4n) is 5.23. The second kappa shape index (κ2) is 11.5. The summed E-state index contributed by atoms with van der Waals surface area (Å²) in [4.78, 5) is 47.6. The number of nitrogens with one attached hydrogen (secondary N) is 2. The van der Waals surface area contributed by atoms with Crippen molar-refractivity contribution < 1.29 is 14.3 Å². The number of hydrogen-bond acceptors (Lipinski definition) is 7. The number of ether oxygens (including phenoxy) is 1. The van der Waals surface area contributed by atoms with Crippen LogP contribution in [0.4, 0.5) is 21.1 Å². The third-order valence-electron chi connectivity index (χ3n) is 7.53. The van der Waals surface area contributed by atoms with Crippen molar-refractivity contribution in [2.24, 2.45) is 7.05 Å². The van der Waals surface area contributed by atoms with E-state index in [2.05, 4.69) is 20.6 Å². The van der Waals surface area contributed by atoms with Gasteiger partial charge in [-0.15, -0.1) is 0 Å². The first-order valence-electron chi connectivity index (χ1n) is 15.1. The molecule has 0 unspecified atom stereocenters. The lowest BCUT2D eigenvalue weighted by Gasteiger charge is -2.19. The number of pyridine rings is 1. The Morgan fingerprint density at radius 3 is 2.43 bits per heavy atom. The Morgan fingerprint density at radius 2 is 1.68 bits per heavy atom. The Balaban J connectivity index is 1.28. The fourth-order valence-corrected chi connectivity index (χ4v) is 5.23. The zero-order valence-corrected chi connectivity index (χ0v) is 27.3. The van der Waals surface area contributed by atoms with Crippen molar-refractivity contribution in [2.45, 2.75) is 52.6 Å². The van der Waals surface area contributed by atoms with Crippen LogP contribution in [0.5, 0.6) is 0 Å². The normalized spacial score (nSPS) is 12.0. The predicted octanol–water partition coefficient (Wildman–Crippen LogP) is 6.86. The molecule has 2 amide bonds. The Kier molecular flexibility index (Phi) is 7.66. The third-order valence-corrected chi connectivity index (χ3v) is 7.53. The SMILES string of the molecule is Cn1c(=O)c(-c2cccc(NC(=O)Nc3cc(C(C)(C)C)nn3-c3ccc4c(ccn4C(=O)OC(C)(C)C)c3)c2)cc2cncnc21. The van der Waals surface area contributed by atoms with Gasteiger partial charge in [0.1, 0.15) is 23.4 Å². The lowest BCUT2D eigenvalue weighted by atomic mass is 9.92. The maximum absolute atomic E-state index is 13.4. The highest BCUT2D eigenvalue weighted by Gasteiger charge is 2.23. The molecular weight excluding hydrogens is 596 g/mol. The lowest BCUT2D eigenvalue weighted by Crippen LogP contribution is -2.26. The maximum atomic E-state index is 13.4. The van der Waals surface area contributed by atoms with Crippen molar-refractivity contribution in [2.75, 3.05) is 10.6 Å². The highest BCUT2D eigenvalue weighted by Crippen LogP contribution is 2.29. The van der Waals surface area contributed by atoms with Crippen LogP contribution in [0, 0.1) is 0 Å². The fraction of sp³-hybridized carbons (Fsp3) is 0.257. The molecule has 12 heteroatoms. The van der Waals surface area contributed by atoms with Crippen molar-refractivity contribution in [1.29, 1.82) is 0 Å². The molecule has 0 fully saturated rings. The molecule has 4 aromatic heterocycles. The molecule has 12 nitrogen and oxygen atoms in total. The molecule has 47 heavy (non-hydrogen) atoms. The first kappa shape index (κ1) is 31.2. The summed E-state index contributed by atoms with van der Waals surface area (Å²) in [6.07, 6.45) is 4.27. The van der Waals surface area contributed by atoms with Crippen molar-refractivity contribution in [1.82, 2.24) is 28.9 Å². The Morgan fingerprint density at radius 1 is 0.894 bits per heavy atom. The van der Waals surface area contributed by atoms with Gasteiger partial charge in [-0.2, -0.15) is 5.10 Å². The topological polar surface area (TPSA) is 138 Å². The van der Waals surface area contributed by atoms with E-state index in [1.54, 1.807) is 48.4 Å². The number of carbonyl (C=O) groups is 2. The average Bonchev–Trinajstić information content (AvgIpc) is 3.62. The zero-order valence-electron chi connectivity index (χ0n) is 27.3. The number of benzene rings is 2. The molecule has 6 aromatic rings. The summed E-state index contributed by atoms with van der Waals surface area (Å²) in [5, 5.41) is 12.2. The van der Waals surface area contributed by atoms with Crippen molar-refractivity contribution in [3.8, 4) is 16.8 Å². The molecule has 0 aliphatic heterocycles. The molecule has 0 atom stereocenters. The van der Waals surface area contributed by atoms with Crippen LogP contribution in [-0.2, 0) is 17.2 Å². The minimum Gasteiger partial charge on any atom is -0.443 e. The first-order chi connectivity index (χ1) is 22.2. The third kappa shape index (κ3) is 6.35. The van der Waals surface area contributed by atoms with Crippen molar-refractivity contribution >= 4 is 45.6 Å². The average molecular weight is 633 g/mol. The molecule has 0 aliphatic rings. The van der Waals surface area contributed by atoms with Gasteiger partial charge in [0.2, 0.25) is 0 Å². The smallest absolute Gasteiger partial charge is 0.418 e. The standard InChI is InChI=1S/C35H36N8O4/c1-34(2,3)28-18-29(43(40-28)25-11-12-27-22(16-25)13-14-42(27)33(46)47-35(4,5)6)39-32(45)38-24-10-8-9-21(15-24)26-17-23-19-36-20-37-30(23)41(7)31(26)44/h8-20H,1-7H3,(H2,38,39,45). The van der Waals surface area contributed by atoms with E-state index in [4.69, 9.17) is 9.84 Å². The van der Waals surface area contributed by atoms with E-state index in [-0.39, 0.29) is 11.0 Å². The van der Waals surface area contributed by atoms with E-state index < -0.39 is 17.7 Å². The highest BCUT2D eigenvalue weighted by molar-refractivity contribution is 6.00. The molecule has 0 aliphatic carbocycles. The molecule has 2 aromatic carbocycles. The molecule has 2 N–H and O–H groups in total. The van der Waals surface area contributed by atoms with Crippen LogP contribution in [0.1, 0.15) is 47.2 Å². The van der Waals surface area contributed by atoms with Crippen LogP contribution >= 0.6 is 0 Å². The number of amides is 2. The van der Waals surface area contributed by atoms with Crippen molar-refractivity contribution in [3.05, 3.63) is 95.4 Å². The maximum Gasteiger partial charge on any atom is 0.418 e. The quantitative estimate of drug-likeness (QED) is 0.217. The van der Waals surface area contributed by atoms with Gasteiger partial charge in [0, 0.05) is 52.9 Å². The highest BCUT2D eigenvalue weighted by atomic mass is 16.6. The van der Waals surface area contributed by atoms with E-state index in [0.29, 0.717) is 39.5 Å². The summed E-state index contributed by atoms with van der Waals surface area (Å²) >= 11 is 0. The van der Waals surface area contributed by atoms with Crippen LogP contribution in [-0.4, -0.2) is 46.6 Å². The number of urea groups is 1. The molecule has 240 valence electrons. The van der Waals surface area contributed by atoms with Crippen LogP contribution < -0.4 is 16.2 Å². The molecule has 0 spiro atoms. The monoisotopic (exact) mass is 632 g/mol. The van der Waals surface area contributed by atoms with E-state index in [1.807, 2.05) is 77.9 Å². The van der Waals surface area contributed by atoms with E-state index in [9.17, 15) is 14.4 Å². The zero-order chi connectivity index (χ0) is 33.7. The number of fused-ring (bicyclic) bond motifs is 2. The molecule has 4 heterocycles. The van der Waals surface area contributed by atoms with Gasteiger partial charge < -0.3 is 10.1 Å². The first-order valence-corrected chi connectivity index (χ1v) is 15.1. The van der Waals surface area contributed by atoms with E-state index in [0.717, 1.165) is 16.5 Å². The van der Waals surface area contributed by atoms with Gasteiger partial charge in [-0.1, -0.05) is 32.9 Å². The molecule has 0 saturated carbocycles. The number of anilines is 2. The van der Waals surface area contributed by atoms with Gasteiger partial charge in [-0.25, -0.2) is 24.2 Å². The molecule has 0 bridgehead atoms. The van der Waals surface area contributed by atoms with Gasteiger partial charge in [0.25, 0.3) is 5.56 Å². The predicted molar refractivity (Wildman–Crippen MR) is 182 cm³/mol. The van der Waals surface area contributed by atoms with Gasteiger partial charge in [-0.3, -0.25) is 19.2 Å². The summed E-state index contributed by atoms with van der Waals surface area (Å²) in [6.45, 7) is 11.6. The summed E-state index contributed by atoms with van der Waals surface area (Å²) < 4.78 is 10.2. The van der Waals surface area contributed by atoms with Gasteiger partial charge in [0.15, 0.2) is 0 Å². The summed E-state index contributed by atoms with van der Waals surface area (Å²) in [5.74, 6) is 0.456. The van der Waals surface area contributed by atoms with Gasteiger partial charge in [0.05, 0.1) is 16.9 Å². The number of aromatic nitrogens is 6. The van der Waals surface area contributed by atoms with Crippen molar-refractivity contribution in [3.63, 3.8) is 0 Å². The van der Waals surface area contributed by atoms with Crippen LogP contribution in [0.15, 0.2) is 84.2 Å². The van der Waals surface area contributed by atoms with Crippen LogP contribution in [0.2, 0.25) is 0 Å². The summed E-state index contributed by atoms with van der Waals surface area (Å²) in [7, 11) is 1.67. The van der Waals surface area contributed by atoms with Crippen LogP contribution in [0.25, 0.3) is 38.8 Å². The van der Waals surface area contributed by atoms with Gasteiger partial charge >= 0.3 is 12.1 Å². The van der Waals surface area contributed by atoms with Gasteiger partial charge in [-0.05, 0) is 68.8 Å². The minimum absolute atomic E-state index is 0.213. The number of aryl methyl sites for hydroxylation is 1. The molecular formula is C35H36N8O4. The summed E-state index contributed by atoms with van der Waals surface area (Å²) in [6, 6.07) is 17.6. The minimum atomic E-state index is -0.628. The Hall–Kier alpha value is -5.78. The second-order valence-electron chi connectivity index (χ2n) is 13.4. The Labute approximate surface area is 271 Å². The number of nitrogens with zero attached hydrogens (tertiary/aromatic N) is 6. The molecule has 0 saturated heterocycles. The Bertz CT molecular complexity index is 2230.